The van der Waals surface area contributed by atoms with Gasteiger partial charge in [0.05, 0.1) is 11.2 Å². The largest absolute Gasteiger partial charge is 0.303 e. The number of rotatable bonds is 4. The average molecular weight is 316 g/mol. The fourth-order valence-electron chi connectivity index (χ4n) is 3.67. The van der Waals surface area contributed by atoms with Crippen molar-refractivity contribution >= 4 is 10.9 Å². The molecule has 1 aliphatic heterocycles. The lowest BCUT2D eigenvalue weighted by Crippen LogP contribution is -2.31. The van der Waals surface area contributed by atoms with Crippen molar-refractivity contribution in [3.63, 3.8) is 0 Å². The molecule has 0 saturated carbocycles. The molecule has 2 aromatic carbocycles. The van der Waals surface area contributed by atoms with Crippen molar-refractivity contribution < 1.29 is 0 Å². The van der Waals surface area contributed by atoms with Gasteiger partial charge in [-0.25, -0.2) is 4.98 Å². The number of pyridine rings is 1. The van der Waals surface area contributed by atoms with Crippen LogP contribution in [0.5, 0.6) is 0 Å². The molecule has 2 nitrogen and oxygen atoms in total. The number of nitrogens with zero attached hydrogens (tertiary/aromatic N) is 2. The Morgan fingerprint density at radius 1 is 0.833 bits per heavy atom. The van der Waals surface area contributed by atoms with Crippen LogP contribution < -0.4 is 0 Å². The molecule has 0 spiro atoms. The first-order chi connectivity index (χ1) is 11.9. The molecule has 3 aromatic rings. The van der Waals surface area contributed by atoms with Crippen LogP contribution in [0.4, 0.5) is 0 Å². The van der Waals surface area contributed by atoms with Crippen molar-refractivity contribution in [1.29, 1.82) is 0 Å². The second-order valence-electron chi connectivity index (χ2n) is 6.70. The lowest BCUT2D eigenvalue weighted by atomic mass is 10.0. The minimum atomic E-state index is 1.09. The smallest absolute Gasteiger partial charge is 0.0712 e. The van der Waals surface area contributed by atoms with Gasteiger partial charge in [0.1, 0.15) is 0 Å². The Balaban J connectivity index is 1.67. The van der Waals surface area contributed by atoms with Crippen molar-refractivity contribution in [1.82, 2.24) is 9.88 Å². The summed E-state index contributed by atoms with van der Waals surface area (Å²) in [6.45, 7) is 3.67. The zero-order valence-corrected chi connectivity index (χ0v) is 14.1. The standard InChI is InChI=1S/C22H24N2/c1-3-9-18(10-4-1)22-17-19(13-16-24-14-7-2-8-15-24)20-11-5-6-12-21(20)23-22/h1,3-6,9-12,17H,2,7-8,13-16H2. The summed E-state index contributed by atoms with van der Waals surface area (Å²) >= 11 is 0. The highest BCUT2D eigenvalue weighted by Gasteiger charge is 2.12. The zero-order chi connectivity index (χ0) is 16.2. The van der Waals surface area contributed by atoms with E-state index in [9.17, 15) is 0 Å². The molecule has 1 aliphatic rings. The normalized spacial score (nSPS) is 15.7. The lowest BCUT2D eigenvalue weighted by molar-refractivity contribution is 0.231. The van der Waals surface area contributed by atoms with Gasteiger partial charge in [-0.2, -0.15) is 0 Å². The van der Waals surface area contributed by atoms with Crippen LogP contribution >= 0.6 is 0 Å². The maximum absolute atomic E-state index is 4.89. The first-order valence-corrected chi connectivity index (χ1v) is 9.06. The van der Waals surface area contributed by atoms with Crippen LogP contribution in [-0.4, -0.2) is 29.5 Å². The summed E-state index contributed by atoms with van der Waals surface area (Å²) in [4.78, 5) is 7.50. The van der Waals surface area contributed by atoms with E-state index >= 15 is 0 Å². The van der Waals surface area contributed by atoms with E-state index in [2.05, 4.69) is 65.6 Å². The Kier molecular flexibility index (Phi) is 4.57. The summed E-state index contributed by atoms with van der Waals surface area (Å²) in [5.74, 6) is 0. The summed E-state index contributed by atoms with van der Waals surface area (Å²) in [6.07, 6.45) is 5.20. The third-order valence-electron chi connectivity index (χ3n) is 5.02. The molecule has 1 saturated heterocycles. The van der Waals surface area contributed by atoms with E-state index in [1.165, 1.54) is 48.9 Å². The Hall–Kier alpha value is -2.19. The summed E-state index contributed by atoms with van der Waals surface area (Å²) in [6, 6.07) is 21.4. The Labute approximate surface area is 144 Å². The molecule has 1 fully saturated rings. The number of likely N-dealkylation sites (tertiary alicyclic amines) is 1. The van der Waals surface area contributed by atoms with Crippen LogP contribution in [0.1, 0.15) is 24.8 Å². The van der Waals surface area contributed by atoms with E-state index in [-0.39, 0.29) is 0 Å². The number of aromatic nitrogens is 1. The molecule has 0 atom stereocenters. The predicted octanol–water partition coefficient (Wildman–Crippen LogP) is 4.93. The van der Waals surface area contributed by atoms with Gasteiger partial charge in [0, 0.05) is 17.5 Å². The molecule has 4 rings (SSSR count). The Bertz CT molecular complexity index is 805. The monoisotopic (exact) mass is 316 g/mol. The van der Waals surface area contributed by atoms with Crippen LogP contribution in [0.2, 0.25) is 0 Å². The van der Waals surface area contributed by atoms with Crippen LogP contribution in [-0.2, 0) is 6.42 Å². The van der Waals surface area contributed by atoms with Gasteiger partial charge in [0.15, 0.2) is 0 Å². The summed E-state index contributed by atoms with van der Waals surface area (Å²) in [7, 11) is 0. The highest BCUT2D eigenvalue weighted by molar-refractivity contribution is 5.85. The molecule has 0 N–H and O–H groups in total. The van der Waals surface area contributed by atoms with Crippen LogP contribution in [0.15, 0.2) is 60.7 Å². The molecule has 0 bridgehead atoms. The number of piperidine rings is 1. The molecule has 122 valence electrons. The van der Waals surface area contributed by atoms with Gasteiger partial charge in [-0.3, -0.25) is 0 Å². The fourth-order valence-corrected chi connectivity index (χ4v) is 3.67. The van der Waals surface area contributed by atoms with Gasteiger partial charge in [0.25, 0.3) is 0 Å². The van der Waals surface area contributed by atoms with Gasteiger partial charge in [-0.15, -0.1) is 0 Å². The maximum Gasteiger partial charge on any atom is 0.0712 e. The van der Waals surface area contributed by atoms with E-state index < -0.39 is 0 Å². The van der Waals surface area contributed by atoms with Crippen molar-refractivity contribution in [3.8, 4) is 11.3 Å². The summed E-state index contributed by atoms with van der Waals surface area (Å²) < 4.78 is 0. The second-order valence-corrected chi connectivity index (χ2v) is 6.70. The van der Waals surface area contributed by atoms with Crippen molar-refractivity contribution in [3.05, 3.63) is 66.2 Å². The van der Waals surface area contributed by atoms with Crippen LogP contribution in [0, 0.1) is 0 Å². The van der Waals surface area contributed by atoms with Gasteiger partial charge in [-0.1, -0.05) is 55.0 Å². The summed E-state index contributed by atoms with van der Waals surface area (Å²) in [5, 5.41) is 1.30. The maximum atomic E-state index is 4.89. The van der Waals surface area contributed by atoms with Crippen LogP contribution in [0.3, 0.4) is 0 Å². The Morgan fingerprint density at radius 3 is 2.42 bits per heavy atom. The van der Waals surface area contributed by atoms with Crippen molar-refractivity contribution in [2.75, 3.05) is 19.6 Å². The zero-order valence-electron chi connectivity index (χ0n) is 14.1. The number of fused-ring (bicyclic) bond motifs is 1. The van der Waals surface area contributed by atoms with E-state index in [1.54, 1.807) is 0 Å². The van der Waals surface area contributed by atoms with Crippen molar-refractivity contribution in [2.45, 2.75) is 25.7 Å². The van der Waals surface area contributed by atoms with E-state index in [0.29, 0.717) is 0 Å². The van der Waals surface area contributed by atoms with Gasteiger partial charge in [-0.05, 0) is 50.0 Å². The first kappa shape index (κ1) is 15.3. The third kappa shape index (κ3) is 3.34. The number of hydrogen-bond acceptors (Lipinski definition) is 2. The third-order valence-corrected chi connectivity index (χ3v) is 5.02. The predicted molar refractivity (Wildman–Crippen MR) is 101 cm³/mol. The second kappa shape index (κ2) is 7.14. The van der Waals surface area contributed by atoms with E-state index in [4.69, 9.17) is 4.98 Å². The van der Waals surface area contributed by atoms with E-state index in [0.717, 1.165) is 24.2 Å². The van der Waals surface area contributed by atoms with Gasteiger partial charge >= 0.3 is 0 Å². The van der Waals surface area contributed by atoms with Crippen molar-refractivity contribution in [2.24, 2.45) is 0 Å². The molecule has 2 heterocycles. The van der Waals surface area contributed by atoms with Crippen LogP contribution in [0.25, 0.3) is 22.2 Å². The highest BCUT2D eigenvalue weighted by atomic mass is 15.1. The van der Waals surface area contributed by atoms with Gasteiger partial charge in [0.2, 0.25) is 0 Å². The molecular weight excluding hydrogens is 292 g/mol. The molecule has 0 amide bonds. The SMILES string of the molecule is c1ccc(-c2cc(CCN3CCCCC3)c3ccccc3n2)cc1. The minimum Gasteiger partial charge on any atom is -0.303 e. The topological polar surface area (TPSA) is 16.1 Å². The lowest BCUT2D eigenvalue weighted by Gasteiger charge is -2.26. The molecule has 24 heavy (non-hydrogen) atoms. The minimum absolute atomic E-state index is 1.09. The van der Waals surface area contributed by atoms with E-state index in [1.807, 2.05) is 0 Å². The average Bonchev–Trinajstić information content (AvgIpc) is 2.67. The fraction of sp³-hybridized carbons (Fsp3) is 0.318. The Morgan fingerprint density at radius 2 is 1.58 bits per heavy atom. The summed E-state index contributed by atoms with van der Waals surface area (Å²) in [5.41, 5.74) is 4.81. The molecular formula is C22H24N2. The molecule has 1 aromatic heterocycles. The molecule has 0 unspecified atom stereocenters. The quantitative estimate of drug-likeness (QED) is 0.678. The number of para-hydroxylation sites is 1. The molecule has 2 heteroatoms. The first-order valence-electron chi connectivity index (χ1n) is 9.06. The highest BCUT2D eigenvalue weighted by Crippen LogP contribution is 2.25. The molecule has 0 radical (unpaired) electrons. The van der Waals surface area contributed by atoms with Gasteiger partial charge < -0.3 is 4.90 Å². The number of benzene rings is 2. The number of hydrogen-bond donors (Lipinski definition) is 0. The molecule has 0 aliphatic carbocycles.